The third-order valence-electron chi connectivity index (χ3n) is 4.17. The van der Waals surface area contributed by atoms with Gasteiger partial charge in [0.1, 0.15) is 10.6 Å². The molecule has 0 atom stereocenters. The van der Waals surface area contributed by atoms with Crippen molar-refractivity contribution in [2.45, 2.75) is 51.8 Å². The first-order valence-electron chi connectivity index (χ1n) is 8.79. The highest BCUT2D eigenvalue weighted by atomic mass is 35.5. The van der Waals surface area contributed by atoms with E-state index in [1.54, 1.807) is 4.90 Å². The van der Waals surface area contributed by atoms with Crippen molar-refractivity contribution in [2.75, 3.05) is 19.7 Å². The van der Waals surface area contributed by atoms with Gasteiger partial charge in [-0.25, -0.2) is 9.78 Å². The normalized spacial score (nSPS) is 16.3. The van der Waals surface area contributed by atoms with E-state index < -0.39 is 17.3 Å². The molecule has 0 bridgehead atoms. The zero-order chi connectivity index (χ0) is 20.2. The summed E-state index contributed by atoms with van der Waals surface area (Å²) in [5.41, 5.74) is -1.43. The summed E-state index contributed by atoms with van der Waals surface area (Å²) in [6, 6.07) is 0.809. The fraction of sp³-hybridized carbons (Fsp3) is 0.667. The van der Waals surface area contributed by atoms with Crippen molar-refractivity contribution in [1.29, 1.82) is 0 Å². The first-order chi connectivity index (χ1) is 12.5. The standard InChI is InChI=1S/C18H24ClF3N2O3/c1-17(2,3)27-16(25)24-7-4-12(5-8-24)6-9-26-15-14(19)10-13(11-23-15)18(20,21)22/h10-12H,4-9H2,1-3H3. The molecule has 0 radical (unpaired) electrons. The largest absolute Gasteiger partial charge is 0.477 e. The van der Waals surface area contributed by atoms with Gasteiger partial charge in [-0.1, -0.05) is 11.6 Å². The van der Waals surface area contributed by atoms with Crippen molar-refractivity contribution in [2.24, 2.45) is 5.92 Å². The molecule has 1 aliphatic heterocycles. The van der Waals surface area contributed by atoms with Gasteiger partial charge in [-0.15, -0.1) is 0 Å². The number of pyridine rings is 1. The van der Waals surface area contributed by atoms with E-state index in [2.05, 4.69) is 4.98 Å². The smallest absolute Gasteiger partial charge is 0.417 e. The summed E-state index contributed by atoms with van der Waals surface area (Å²) in [4.78, 5) is 17.4. The molecule has 1 fully saturated rings. The van der Waals surface area contributed by atoms with Crippen molar-refractivity contribution in [3.8, 4) is 5.88 Å². The molecule has 0 unspecified atom stereocenters. The molecule has 1 aromatic heterocycles. The Hall–Kier alpha value is -1.70. The summed E-state index contributed by atoms with van der Waals surface area (Å²) in [5.74, 6) is 0.354. The van der Waals surface area contributed by atoms with Crippen LogP contribution in [0.5, 0.6) is 5.88 Å². The topological polar surface area (TPSA) is 51.7 Å². The summed E-state index contributed by atoms with van der Waals surface area (Å²) in [7, 11) is 0. The quantitative estimate of drug-likeness (QED) is 0.689. The highest BCUT2D eigenvalue weighted by Crippen LogP contribution is 2.33. The van der Waals surface area contributed by atoms with Crippen LogP contribution in [-0.4, -0.2) is 41.3 Å². The van der Waals surface area contributed by atoms with Crippen LogP contribution < -0.4 is 4.74 Å². The number of ether oxygens (including phenoxy) is 2. The summed E-state index contributed by atoms with van der Waals surface area (Å²) >= 11 is 5.82. The lowest BCUT2D eigenvalue weighted by Crippen LogP contribution is -2.41. The van der Waals surface area contributed by atoms with Gasteiger partial charge < -0.3 is 14.4 Å². The van der Waals surface area contributed by atoms with E-state index in [0.717, 1.165) is 18.9 Å². The number of nitrogens with zero attached hydrogens (tertiary/aromatic N) is 2. The first kappa shape index (κ1) is 21.6. The third-order valence-corrected chi connectivity index (χ3v) is 4.44. The molecule has 0 aliphatic carbocycles. The maximum absolute atomic E-state index is 12.6. The predicted molar refractivity (Wildman–Crippen MR) is 94.9 cm³/mol. The van der Waals surface area contributed by atoms with Crippen LogP contribution in [0.2, 0.25) is 5.02 Å². The summed E-state index contributed by atoms with van der Waals surface area (Å²) in [6.45, 7) is 7.01. The summed E-state index contributed by atoms with van der Waals surface area (Å²) in [6.07, 6.45) is -1.75. The van der Waals surface area contributed by atoms with Gasteiger partial charge in [0.15, 0.2) is 0 Å². The average molecular weight is 409 g/mol. The lowest BCUT2D eigenvalue weighted by Gasteiger charge is -2.33. The van der Waals surface area contributed by atoms with Crippen LogP contribution in [0, 0.1) is 5.92 Å². The Morgan fingerprint density at radius 2 is 1.93 bits per heavy atom. The fourth-order valence-corrected chi connectivity index (χ4v) is 2.96. The van der Waals surface area contributed by atoms with Crippen LogP contribution in [-0.2, 0) is 10.9 Å². The Morgan fingerprint density at radius 1 is 1.30 bits per heavy atom. The number of hydrogen-bond donors (Lipinski definition) is 0. The third kappa shape index (κ3) is 6.75. The molecule has 2 heterocycles. The Morgan fingerprint density at radius 3 is 2.44 bits per heavy atom. The molecular formula is C18H24ClF3N2O3. The van der Waals surface area contributed by atoms with Gasteiger partial charge in [0.05, 0.1) is 12.2 Å². The number of carbonyl (C=O) groups excluding carboxylic acids is 1. The van der Waals surface area contributed by atoms with E-state index in [4.69, 9.17) is 21.1 Å². The number of alkyl halides is 3. The Kier molecular flexibility index (Phi) is 6.83. The van der Waals surface area contributed by atoms with Crippen LogP contribution in [0.1, 0.15) is 45.6 Å². The van der Waals surface area contributed by atoms with Gasteiger partial charge in [-0.05, 0) is 52.0 Å². The van der Waals surface area contributed by atoms with Gasteiger partial charge >= 0.3 is 12.3 Å². The van der Waals surface area contributed by atoms with Crippen molar-refractivity contribution < 1.29 is 27.4 Å². The monoisotopic (exact) mass is 408 g/mol. The number of amides is 1. The molecule has 5 nitrogen and oxygen atoms in total. The first-order valence-corrected chi connectivity index (χ1v) is 9.17. The van der Waals surface area contributed by atoms with Crippen molar-refractivity contribution >= 4 is 17.7 Å². The van der Waals surface area contributed by atoms with Gasteiger partial charge in [-0.3, -0.25) is 0 Å². The maximum atomic E-state index is 12.6. The number of rotatable bonds is 4. The van der Waals surface area contributed by atoms with Gasteiger partial charge in [0.25, 0.3) is 0 Å². The summed E-state index contributed by atoms with van der Waals surface area (Å²) in [5, 5.41) is -0.162. The zero-order valence-electron chi connectivity index (χ0n) is 15.6. The summed E-state index contributed by atoms with van der Waals surface area (Å²) < 4.78 is 48.6. The highest BCUT2D eigenvalue weighted by Gasteiger charge is 2.32. The van der Waals surface area contributed by atoms with Crippen molar-refractivity contribution in [3.63, 3.8) is 0 Å². The van der Waals surface area contributed by atoms with Crippen LogP contribution in [0.15, 0.2) is 12.3 Å². The molecule has 152 valence electrons. The van der Waals surface area contributed by atoms with Crippen molar-refractivity contribution in [1.82, 2.24) is 9.88 Å². The molecule has 0 spiro atoms. The number of halogens is 4. The molecule has 0 aromatic carbocycles. The van der Waals surface area contributed by atoms with E-state index in [1.165, 1.54) is 0 Å². The zero-order valence-corrected chi connectivity index (χ0v) is 16.4. The molecule has 27 heavy (non-hydrogen) atoms. The van der Waals surface area contributed by atoms with Crippen LogP contribution in [0.4, 0.5) is 18.0 Å². The molecule has 1 amide bonds. The molecule has 1 aliphatic rings. The van der Waals surface area contributed by atoms with Gasteiger partial charge in [-0.2, -0.15) is 13.2 Å². The number of carbonyl (C=O) groups is 1. The van der Waals surface area contributed by atoms with E-state index in [9.17, 15) is 18.0 Å². The molecule has 0 N–H and O–H groups in total. The molecule has 9 heteroatoms. The van der Waals surface area contributed by atoms with E-state index in [1.807, 2.05) is 20.8 Å². The van der Waals surface area contributed by atoms with E-state index >= 15 is 0 Å². The lowest BCUT2D eigenvalue weighted by molar-refractivity contribution is -0.137. The predicted octanol–water partition coefficient (Wildman–Crippen LogP) is 5.17. The number of likely N-dealkylation sites (tertiary alicyclic amines) is 1. The van der Waals surface area contributed by atoms with Gasteiger partial charge in [0.2, 0.25) is 5.88 Å². The Bertz CT molecular complexity index is 654. The van der Waals surface area contributed by atoms with Gasteiger partial charge in [0, 0.05) is 19.3 Å². The SMILES string of the molecule is CC(C)(C)OC(=O)N1CCC(CCOc2ncc(C(F)(F)F)cc2Cl)CC1. The second kappa shape index (κ2) is 8.54. The van der Waals surface area contributed by atoms with Crippen LogP contribution in [0.3, 0.4) is 0 Å². The number of aromatic nitrogens is 1. The molecule has 1 aromatic rings. The van der Waals surface area contributed by atoms with Crippen LogP contribution in [0.25, 0.3) is 0 Å². The van der Waals surface area contributed by atoms with E-state index in [-0.39, 0.29) is 17.0 Å². The number of hydrogen-bond acceptors (Lipinski definition) is 4. The molecular weight excluding hydrogens is 385 g/mol. The van der Waals surface area contributed by atoms with Crippen LogP contribution >= 0.6 is 11.6 Å². The minimum atomic E-state index is -4.49. The lowest BCUT2D eigenvalue weighted by atomic mass is 9.94. The maximum Gasteiger partial charge on any atom is 0.417 e. The molecule has 0 saturated carbocycles. The average Bonchev–Trinajstić information content (AvgIpc) is 2.54. The number of piperidine rings is 1. The second-order valence-electron chi connectivity index (χ2n) is 7.56. The Labute approximate surface area is 161 Å². The molecule has 2 rings (SSSR count). The Balaban J connectivity index is 1.75. The van der Waals surface area contributed by atoms with Crippen molar-refractivity contribution in [3.05, 3.63) is 22.8 Å². The second-order valence-corrected chi connectivity index (χ2v) is 7.96. The molecule has 1 saturated heterocycles. The van der Waals surface area contributed by atoms with E-state index in [0.29, 0.717) is 38.2 Å². The fourth-order valence-electron chi connectivity index (χ4n) is 2.74. The minimum absolute atomic E-state index is 0.00384. The minimum Gasteiger partial charge on any atom is -0.477 e. The highest BCUT2D eigenvalue weighted by molar-refractivity contribution is 6.31.